The van der Waals surface area contributed by atoms with Crippen LogP contribution in [-0.4, -0.2) is 32.6 Å². The summed E-state index contributed by atoms with van der Waals surface area (Å²) in [5, 5.41) is 4.94. The van der Waals surface area contributed by atoms with E-state index in [1.54, 1.807) is 36.4 Å². The van der Waals surface area contributed by atoms with Gasteiger partial charge in [0.1, 0.15) is 0 Å². The molecule has 1 aromatic carbocycles. The lowest BCUT2D eigenvalue weighted by atomic mass is 10.1. The standard InChI is InChI=1S/C16H15N3O4S2/c1-19(25(2,21)22)12-7-5-11(6-8-12)13-10-24-16(17-13)18-15(20)14-4-3-9-23-14/h3-10H,1-2H3,(H,17,18,20). The second kappa shape index (κ2) is 6.69. The molecule has 130 valence electrons. The summed E-state index contributed by atoms with van der Waals surface area (Å²) in [7, 11) is -1.81. The summed E-state index contributed by atoms with van der Waals surface area (Å²) in [6, 6.07) is 10.2. The van der Waals surface area contributed by atoms with Crippen LogP contribution < -0.4 is 9.62 Å². The number of hydrogen-bond acceptors (Lipinski definition) is 6. The number of nitrogens with one attached hydrogen (secondary N) is 1. The molecule has 0 aliphatic rings. The number of hydrogen-bond donors (Lipinski definition) is 1. The molecule has 3 aromatic rings. The van der Waals surface area contributed by atoms with E-state index in [1.807, 2.05) is 5.38 Å². The van der Waals surface area contributed by atoms with Crippen LogP contribution in [0.15, 0.2) is 52.5 Å². The first-order chi connectivity index (χ1) is 11.8. The Morgan fingerprint density at radius 2 is 1.96 bits per heavy atom. The summed E-state index contributed by atoms with van der Waals surface area (Å²) in [6.45, 7) is 0. The molecule has 3 rings (SSSR count). The number of anilines is 2. The molecule has 0 fully saturated rings. The smallest absolute Gasteiger partial charge is 0.293 e. The van der Waals surface area contributed by atoms with E-state index in [0.717, 1.165) is 11.8 Å². The Morgan fingerprint density at radius 3 is 2.56 bits per heavy atom. The number of carbonyl (C=O) groups is 1. The number of thiazole rings is 1. The van der Waals surface area contributed by atoms with Gasteiger partial charge in [-0.3, -0.25) is 14.4 Å². The molecule has 0 aliphatic heterocycles. The number of sulfonamides is 1. The molecular formula is C16H15N3O4S2. The molecule has 25 heavy (non-hydrogen) atoms. The van der Waals surface area contributed by atoms with Gasteiger partial charge in [-0.25, -0.2) is 13.4 Å². The van der Waals surface area contributed by atoms with E-state index in [4.69, 9.17) is 4.42 Å². The SMILES string of the molecule is CN(c1ccc(-c2csc(NC(=O)c3ccco3)n2)cc1)S(C)(=O)=O. The van der Waals surface area contributed by atoms with Gasteiger partial charge >= 0.3 is 0 Å². The maximum Gasteiger partial charge on any atom is 0.293 e. The lowest BCUT2D eigenvalue weighted by Crippen LogP contribution is -2.24. The molecule has 0 saturated carbocycles. The van der Waals surface area contributed by atoms with Crippen LogP contribution in [0.3, 0.4) is 0 Å². The van der Waals surface area contributed by atoms with Gasteiger partial charge < -0.3 is 4.42 Å². The average Bonchev–Trinajstić information content (AvgIpc) is 3.25. The first-order valence-corrected chi connectivity index (χ1v) is 9.92. The number of aromatic nitrogens is 1. The lowest BCUT2D eigenvalue weighted by Gasteiger charge is -2.16. The van der Waals surface area contributed by atoms with Crippen LogP contribution in [-0.2, 0) is 10.0 Å². The van der Waals surface area contributed by atoms with Crippen LogP contribution in [0.4, 0.5) is 10.8 Å². The van der Waals surface area contributed by atoms with Crippen LogP contribution in [0.5, 0.6) is 0 Å². The van der Waals surface area contributed by atoms with Gasteiger partial charge in [0.25, 0.3) is 5.91 Å². The number of amides is 1. The van der Waals surface area contributed by atoms with E-state index in [0.29, 0.717) is 16.5 Å². The Morgan fingerprint density at radius 1 is 1.24 bits per heavy atom. The van der Waals surface area contributed by atoms with Gasteiger partial charge in [0, 0.05) is 18.0 Å². The van der Waals surface area contributed by atoms with Crippen LogP contribution >= 0.6 is 11.3 Å². The fourth-order valence-corrected chi connectivity index (χ4v) is 3.28. The molecule has 2 aromatic heterocycles. The highest BCUT2D eigenvalue weighted by molar-refractivity contribution is 7.92. The second-order valence-corrected chi connectivity index (χ2v) is 8.12. The molecule has 1 N–H and O–H groups in total. The van der Waals surface area contributed by atoms with Gasteiger partial charge in [0.15, 0.2) is 10.9 Å². The molecular weight excluding hydrogens is 362 g/mol. The van der Waals surface area contributed by atoms with Crippen molar-refractivity contribution < 1.29 is 17.6 Å². The van der Waals surface area contributed by atoms with Crippen LogP contribution in [0, 0.1) is 0 Å². The van der Waals surface area contributed by atoms with Crippen LogP contribution in [0.2, 0.25) is 0 Å². The highest BCUT2D eigenvalue weighted by Crippen LogP contribution is 2.27. The van der Waals surface area contributed by atoms with E-state index in [9.17, 15) is 13.2 Å². The number of furan rings is 1. The molecule has 7 nitrogen and oxygen atoms in total. The minimum absolute atomic E-state index is 0.213. The second-order valence-electron chi connectivity index (χ2n) is 5.25. The fourth-order valence-electron chi connectivity index (χ4n) is 2.06. The molecule has 9 heteroatoms. The van der Waals surface area contributed by atoms with Crippen molar-refractivity contribution in [3.63, 3.8) is 0 Å². The third-order valence-electron chi connectivity index (χ3n) is 3.49. The van der Waals surface area contributed by atoms with Crippen molar-refractivity contribution >= 4 is 38.1 Å². The van der Waals surface area contributed by atoms with E-state index in [-0.39, 0.29) is 11.7 Å². The van der Waals surface area contributed by atoms with Gasteiger partial charge in [0.2, 0.25) is 10.0 Å². The Labute approximate surface area is 149 Å². The number of carbonyl (C=O) groups excluding carboxylic acids is 1. The highest BCUT2D eigenvalue weighted by atomic mass is 32.2. The summed E-state index contributed by atoms with van der Waals surface area (Å²) >= 11 is 1.29. The minimum atomic E-state index is -3.30. The summed E-state index contributed by atoms with van der Waals surface area (Å²) in [4.78, 5) is 16.3. The number of benzene rings is 1. The predicted molar refractivity (Wildman–Crippen MR) is 97.5 cm³/mol. The molecule has 0 bridgehead atoms. The molecule has 0 unspecified atom stereocenters. The third-order valence-corrected chi connectivity index (χ3v) is 5.46. The predicted octanol–water partition coefficient (Wildman–Crippen LogP) is 3.05. The normalized spacial score (nSPS) is 11.3. The fraction of sp³-hybridized carbons (Fsp3) is 0.125. The maximum absolute atomic E-state index is 11.9. The molecule has 0 radical (unpaired) electrons. The topological polar surface area (TPSA) is 92.5 Å². The largest absolute Gasteiger partial charge is 0.459 e. The van der Waals surface area contributed by atoms with Crippen LogP contribution in [0.1, 0.15) is 10.6 Å². The van der Waals surface area contributed by atoms with Crippen molar-refractivity contribution in [1.82, 2.24) is 4.98 Å². The van der Waals surface area contributed by atoms with Gasteiger partial charge in [0.05, 0.1) is 23.9 Å². The minimum Gasteiger partial charge on any atom is -0.459 e. The Hall–Kier alpha value is -2.65. The van der Waals surface area contributed by atoms with E-state index in [1.165, 1.54) is 29.0 Å². The average molecular weight is 377 g/mol. The molecule has 0 aliphatic carbocycles. The zero-order chi connectivity index (χ0) is 18.0. The van der Waals surface area contributed by atoms with Gasteiger partial charge in [-0.05, 0) is 24.3 Å². The first kappa shape index (κ1) is 17.2. The number of rotatable bonds is 5. The monoisotopic (exact) mass is 377 g/mol. The first-order valence-electron chi connectivity index (χ1n) is 7.19. The summed E-state index contributed by atoms with van der Waals surface area (Å²) in [5.41, 5.74) is 2.07. The summed E-state index contributed by atoms with van der Waals surface area (Å²) in [6.07, 6.45) is 2.58. The van der Waals surface area contributed by atoms with E-state index >= 15 is 0 Å². The van der Waals surface area contributed by atoms with Crippen LogP contribution in [0.25, 0.3) is 11.3 Å². The molecule has 0 saturated heterocycles. The van der Waals surface area contributed by atoms with Gasteiger partial charge in [-0.1, -0.05) is 12.1 Å². The van der Waals surface area contributed by atoms with Crippen molar-refractivity contribution in [3.8, 4) is 11.3 Å². The van der Waals surface area contributed by atoms with Crippen molar-refractivity contribution in [2.75, 3.05) is 22.9 Å². The van der Waals surface area contributed by atoms with Crippen molar-refractivity contribution in [2.24, 2.45) is 0 Å². The molecule has 2 heterocycles. The van der Waals surface area contributed by atoms with E-state index < -0.39 is 10.0 Å². The number of nitrogens with zero attached hydrogens (tertiary/aromatic N) is 2. The Bertz CT molecular complexity index is 977. The quantitative estimate of drug-likeness (QED) is 0.738. The van der Waals surface area contributed by atoms with Crippen molar-refractivity contribution in [2.45, 2.75) is 0 Å². The van der Waals surface area contributed by atoms with E-state index in [2.05, 4.69) is 10.3 Å². The van der Waals surface area contributed by atoms with Gasteiger partial charge in [-0.2, -0.15) is 0 Å². The zero-order valence-corrected chi connectivity index (χ0v) is 15.1. The van der Waals surface area contributed by atoms with Crippen molar-refractivity contribution in [3.05, 3.63) is 53.8 Å². The third kappa shape index (κ3) is 3.89. The maximum atomic E-state index is 11.9. The van der Waals surface area contributed by atoms with Crippen molar-refractivity contribution in [1.29, 1.82) is 0 Å². The molecule has 1 amide bonds. The highest BCUT2D eigenvalue weighted by Gasteiger charge is 2.14. The lowest BCUT2D eigenvalue weighted by molar-refractivity contribution is 0.0996. The Balaban J connectivity index is 1.75. The summed E-state index contributed by atoms with van der Waals surface area (Å²) < 4.78 is 29.3. The molecule has 0 atom stereocenters. The Kier molecular flexibility index (Phi) is 4.60. The summed E-state index contributed by atoms with van der Waals surface area (Å²) in [5.74, 6) is -0.152. The molecule has 0 spiro atoms. The van der Waals surface area contributed by atoms with Gasteiger partial charge in [-0.15, -0.1) is 11.3 Å². The zero-order valence-electron chi connectivity index (χ0n) is 13.5.